The molecule has 0 bridgehead atoms. The highest BCUT2D eigenvalue weighted by atomic mass is 32.2. The largest absolute Gasteiger partial charge is 0.458 e. The van der Waals surface area contributed by atoms with Crippen molar-refractivity contribution in [3.05, 3.63) is 92.1 Å². The predicted molar refractivity (Wildman–Crippen MR) is 231 cm³/mol. The average Bonchev–Trinajstić information content (AvgIpc) is 3.87. The van der Waals surface area contributed by atoms with Crippen LogP contribution in [-0.4, -0.2) is 88.0 Å². The Labute approximate surface area is 368 Å². The SMILES string of the molecule is CO[C@@H]1[C@@H](COS(N)(=O)=O)C[C@@H](Cc2ncncc2C(=O)c2cc(C)c(C)o2)C1(C)C.CO[C@@H]1[C@@H](COS(N)(=O)=O)C[C@@H](Cc2ncncc2C(=O)c2cc(C)c(C)s2)C1(C)C. The fourth-order valence-corrected chi connectivity index (χ4v) is 10.9. The van der Waals surface area contributed by atoms with E-state index in [1.165, 1.54) is 30.2 Å². The third-order valence-corrected chi connectivity index (χ3v) is 14.8. The van der Waals surface area contributed by atoms with Crippen molar-refractivity contribution < 1.29 is 48.7 Å². The maximum Gasteiger partial charge on any atom is 0.333 e. The van der Waals surface area contributed by atoms with Gasteiger partial charge in [-0.05, 0) is 99.3 Å². The van der Waals surface area contributed by atoms with Gasteiger partial charge in [-0.3, -0.25) is 18.0 Å². The second kappa shape index (κ2) is 19.5. The summed E-state index contributed by atoms with van der Waals surface area (Å²) in [6, 6.07) is 3.62. The lowest BCUT2D eigenvalue weighted by Crippen LogP contribution is -2.36. The number of carbonyl (C=O) groups excluding carboxylic acids is 2. The van der Waals surface area contributed by atoms with E-state index in [-0.39, 0.29) is 77.3 Å². The zero-order valence-corrected chi connectivity index (χ0v) is 39.3. The molecule has 6 rings (SSSR count). The highest BCUT2D eigenvalue weighted by molar-refractivity contribution is 7.84. The number of nitrogens with zero attached hydrogens (tertiary/aromatic N) is 4. The van der Waals surface area contributed by atoms with Crippen LogP contribution < -0.4 is 10.3 Å². The Bertz CT molecular complexity index is 2260. The normalized spacial score (nSPS) is 23.2. The van der Waals surface area contributed by atoms with E-state index in [2.05, 4.69) is 47.6 Å². The molecule has 340 valence electrons. The highest BCUT2D eigenvalue weighted by Gasteiger charge is 2.51. The van der Waals surface area contributed by atoms with Gasteiger partial charge in [-0.2, -0.15) is 16.8 Å². The van der Waals surface area contributed by atoms with E-state index in [9.17, 15) is 26.4 Å². The molecular formula is C42H58N6O11S3. The van der Waals surface area contributed by atoms with Crippen molar-refractivity contribution in [2.75, 3.05) is 27.4 Å². The summed E-state index contributed by atoms with van der Waals surface area (Å²) in [5, 5.41) is 10.00. The smallest absolute Gasteiger partial charge is 0.333 e. The molecule has 0 aromatic carbocycles. The van der Waals surface area contributed by atoms with Crippen LogP contribution in [0.3, 0.4) is 0 Å². The molecule has 62 heavy (non-hydrogen) atoms. The van der Waals surface area contributed by atoms with Crippen LogP contribution in [0.25, 0.3) is 0 Å². The van der Waals surface area contributed by atoms with Crippen LogP contribution in [0.15, 0.2) is 41.6 Å². The van der Waals surface area contributed by atoms with E-state index in [0.29, 0.717) is 58.8 Å². The number of hydrogen-bond donors (Lipinski definition) is 2. The summed E-state index contributed by atoms with van der Waals surface area (Å²) in [7, 11) is -4.86. The number of nitrogens with two attached hydrogens (primary N) is 2. The molecule has 20 heteroatoms. The van der Waals surface area contributed by atoms with Gasteiger partial charge in [-0.25, -0.2) is 30.2 Å². The predicted octanol–water partition coefficient (Wildman–Crippen LogP) is 5.18. The third kappa shape index (κ3) is 11.4. The first-order chi connectivity index (χ1) is 28.9. The maximum atomic E-state index is 13.2. The fourth-order valence-electron chi connectivity index (χ4n) is 9.14. The van der Waals surface area contributed by atoms with Crippen molar-refractivity contribution >= 4 is 43.5 Å². The fraction of sp³-hybridized carbons (Fsp3) is 0.571. The molecule has 0 amide bonds. The first kappa shape index (κ1) is 49.2. The van der Waals surface area contributed by atoms with Crippen LogP contribution in [-0.2, 0) is 51.3 Å². The average molecular weight is 919 g/mol. The number of ether oxygens (including phenoxy) is 2. The molecule has 0 spiro atoms. The lowest BCUT2D eigenvalue weighted by molar-refractivity contribution is -0.0191. The molecule has 2 saturated carbocycles. The molecule has 17 nitrogen and oxygen atoms in total. The zero-order valence-electron chi connectivity index (χ0n) is 36.8. The summed E-state index contributed by atoms with van der Waals surface area (Å²) < 4.78 is 71.8. The van der Waals surface area contributed by atoms with Gasteiger partial charge in [0.1, 0.15) is 18.4 Å². The maximum absolute atomic E-state index is 13.2. The number of ketones is 2. The topological polar surface area (TPSA) is 256 Å². The van der Waals surface area contributed by atoms with Crippen LogP contribution in [0.1, 0.15) is 105 Å². The van der Waals surface area contributed by atoms with Gasteiger partial charge in [0.05, 0.1) is 52.8 Å². The Balaban J connectivity index is 0.000000234. The van der Waals surface area contributed by atoms with Gasteiger partial charge in [0, 0.05) is 43.3 Å². The Morgan fingerprint density at radius 1 is 0.742 bits per heavy atom. The van der Waals surface area contributed by atoms with Crippen molar-refractivity contribution in [2.24, 2.45) is 44.8 Å². The standard InChI is InChI=1S/C21H29N3O6S.C21H29N3O5S2/c2*1-12-6-18(30-13(12)2)19(25)16-9-23-11-24-17(16)8-15-7-14(10-29-31(22,26)27)20(28-5)21(15,3)4/h2*6,9,11,14-15,20H,7-8,10H2,1-5H3,(H2,22,26,27)/t2*14-,15+,20-/m11/s1. The summed E-state index contributed by atoms with van der Waals surface area (Å²) in [6.45, 7) is 15.9. The molecule has 4 N–H and O–H groups in total. The van der Waals surface area contributed by atoms with E-state index in [4.69, 9.17) is 32.5 Å². The summed E-state index contributed by atoms with van der Waals surface area (Å²) >= 11 is 1.47. The number of thiophene rings is 1. The van der Waals surface area contributed by atoms with Gasteiger partial charge in [-0.15, -0.1) is 11.3 Å². The van der Waals surface area contributed by atoms with Gasteiger partial charge >= 0.3 is 20.6 Å². The second-order valence-corrected chi connectivity index (χ2v) is 21.1. The van der Waals surface area contributed by atoms with Crippen LogP contribution in [0.4, 0.5) is 0 Å². The van der Waals surface area contributed by atoms with Crippen LogP contribution in [0.5, 0.6) is 0 Å². The number of furan rings is 1. The number of aryl methyl sites for hydroxylation is 4. The van der Waals surface area contributed by atoms with Crippen LogP contribution >= 0.6 is 11.3 Å². The van der Waals surface area contributed by atoms with E-state index in [0.717, 1.165) is 16.0 Å². The van der Waals surface area contributed by atoms with Crippen LogP contribution in [0, 0.1) is 62.2 Å². The van der Waals surface area contributed by atoms with Gasteiger partial charge in [0.2, 0.25) is 11.6 Å². The molecule has 4 heterocycles. The van der Waals surface area contributed by atoms with Gasteiger partial charge < -0.3 is 13.9 Å². The number of methoxy groups -OCH3 is 2. The van der Waals surface area contributed by atoms with Crippen LogP contribution in [0.2, 0.25) is 0 Å². The highest BCUT2D eigenvalue weighted by Crippen LogP contribution is 2.50. The molecule has 2 fully saturated rings. The third-order valence-electron chi connectivity index (χ3n) is 12.7. The van der Waals surface area contributed by atoms with Gasteiger partial charge in [0.15, 0.2) is 5.76 Å². The summed E-state index contributed by atoms with van der Waals surface area (Å²) in [6.07, 6.45) is 7.84. The quantitative estimate of drug-likeness (QED) is 0.137. The Morgan fingerprint density at radius 2 is 1.19 bits per heavy atom. The zero-order chi connectivity index (χ0) is 45.9. The van der Waals surface area contributed by atoms with E-state index in [1.807, 2.05) is 33.8 Å². The van der Waals surface area contributed by atoms with Crippen molar-refractivity contribution in [3.63, 3.8) is 0 Å². The van der Waals surface area contributed by atoms with Crippen molar-refractivity contribution in [2.45, 2.75) is 93.3 Å². The molecule has 4 aromatic rings. The van der Waals surface area contributed by atoms with Crippen molar-refractivity contribution in [3.8, 4) is 0 Å². The lowest BCUT2D eigenvalue weighted by atomic mass is 9.77. The van der Waals surface area contributed by atoms with Crippen molar-refractivity contribution in [1.82, 2.24) is 19.9 Å². The Morgan fingerprint density at radius 3 is 1.56 bits per heavy atom. The molecular weight excluding hydrogens is 861 g/mol. The van der Waals surface area contributed by atoms with E-state index < -0.39 is 20.6 Å². The summed E-state index contributed by atoms with van der Waals surface area (Å²) in [4.78, 5) is 45.0. The van der Waals surface area contributed by atoms with Gasteiger partial charge in [0.25, 0.3) is 0 Å². The summed E-state index contributed by atoms with van der Waals surface area (Å²) in [5.41, 5.74) is 3.58. The molecule has 6 atom stereocenters. The summed E-state index contributed by atoms with van der Waals surface area (Å²) in [5.74, 6) is 0.453. The van der Waals surface area contributed by atoms with Gasteiger partial charge in [-0.1, -0.05) is 27.7 Å². The molecule has 0 radical (unpaired) electrons. The molecule has 0 unspecified atom stereocenters. The minimum atomic E-state index is -4.04. The van der Waals surface area contributed by atoms with E-state index in [1.54, 1.807) is 26.5 Å². The molecule has 2 aliphatic rings. The Hall–Kier alpha value is -3.86. The number of carbonyl (C=O) groups is 2. The Kier molecular flexibility index (Phi) is 15.4. The number of aromatic nitrogens is 4. The van der Waals surface area contributed by atoms with E-state index >= 15 is 0 Å². The minimum Gasteiger partial charge on any atom is -0.458 e. The monoisotopic (exact) mass is 918 g/mol. The first-order valence-electron chi connectivity index (χ1n) is 20.1. The molecule has 4 aromatic heterocycles. The number of rotatable bonds is 16. The number of hydrogen-bond acceptors (Lipinski definition) is 16. The molecule has 0 aliphatic heterocycles. The molecule has 2 aliphatic carbocycles. The lowest BCUT2D eigenvalue weighted by Gasteiger charge is -2.33. The molecule has 0 saturated heterocycles. The van der Waals surface area contributed by atoms with Crippen molar-refractivity contribution in [1.29, 1.82) is 0 Å². The second-order valence-electron chi connectivity index (χ2n) is 17.4. The minimum absolute atomic E-state index is 0.0411. The first-order valence-corrected chi connectivity index (χ1v) is 23.8.